The van der Waals surface area contributed by atoms with E-state index in [0.717, 1.165) is 9.87 Å². The third-order valence-corrected chi connectivity index (χ3v) is 8.70. The van der Waals surface area contributed by atoms with Crippen molar-refractivity contribution in [3.05, 3.63) is 93.4 Å². The number of hydrogen-bond donors (Lipinski definition) is 1. The molecule has 0 fully saturated rings. The highest BCUT2D eigenvalue weighted by Crippen LogP contribution is 2.31. The number of anilines is 1. The Bertz CT molecular complexity index is 1400. The Morgan fingerprint density at radius 1 is 0.872 bits per heavy atom. The van der Waals surface area contributed by atoms with Gasteiger partial charge in [0.2, 0.25) is 11.8 Å². The van der Waals surface area contributed by atoms with Crippen molar-refractivity contribution < 1.29 is 18.0 Å². The van der Waals surface area contributed by atoms with Crippen LogP contribution in [0.2, 0.25) is 15.1 Å². The largest absolute Gasteiger partial charge is 0.354 e. The first-order valence-electron chi connectivity index (χ1n) is 12.2. The number of hydrogen-bond acceptors (Lipinski definition) is 4. The lowest BCUT2D eigenvalue weighted by Crippen LogP contribution is -2.51. The molecule has 2 amide bonds. The molecular weight excluding hydrogens is 581 g/mol. The van der Waals surface area contributed by atoms with E-state index in [1.807, 2.05) is 13.8 Å². The number of benzene rings is 3. The van der Waals surface area contributed by atoms with Crippen molar-refractivity contribution in [1.82, 2.24) is 10.2 Å². The Balaban J connectivity index is 2.02. The first-order chi connectivity index (χ1) is 18.4. The van der Waals surface area contributed by atoms with E-state index < -0.39 is 28.5 Å². The average Bonchev–Trinajstić information content (AvgIpc) is 2.91. The van der Waals surface area contributed by atoms with E-state index in [4.69, 9.17) is 34.8 Å². The number of rotatable bonds is 11. The number of sulfonamides is 1. The van der Waals surface area contributed by atoms with Crippen LogP contribution in [-0.4, -0.2) is 44.3 Å². The van der Waals surface area contributed by atoms with Crippen molar-refractivity contribution in [3.8, 4) is 0 Å². The van der Waals surface area contributed by atoms with E-state index in [2.05, 4.69) is 5.32 Å². The van der Waals surface area contributed by atoms with Gasteiger partial charge >= 0.3 is 0 Å². The summed E-state index contributed by atoms with van der Waals surface area (Å²) in [6.07, 6.45) is 0. The van der Waals surface area contributed by atoms with Gasteiger partial charge in [0.05, 0.1) is 20.6 Å². The maximum absolute atomic E-state index is 13.9. The van der Waals surface area contributed by atoms with Crippen molar-refractivity contribution >= 4 is 62.3 Å². The number of nitrogens with zero attached hydrogens (tertiary/aromatic N) is 2. The topological polar surface area (TPSA) is 86.8 Å². The molecule has 0 unspecified atom stereocenters. The minimum Gasteiger partial charge on any atom is -0.354 e. The van der Waals surface area contributed by atoms with Crippen molar-refractivity contribution in [2.75, 3.05) is 17.4 Å². The van der Waals surface area contributed by atoms with Gasteiger partial charge in [-0.25, -0.2) is 8.42 Å². The van der Waals surface area contributed by atoms with Gasteiger partial charge in [0.25, 0.3) is 10.0 Å². The Hall–Kier alpha value is -2.78. The Kier molecular flexibility index (Phi) is 10.7. The predicted octanol–water partition coefficient (Wildman–Crippen LogP) is 6.03. The van der Waals surface area contributed by atoms with E-state index in [1.165, 1.54) is 35.2 Å². The molecule has 0 spiro atoms. The van der Waals surface area contributed by atoms with Crippen LogP contribution in [0.4, 0.5) is 5.69 Å². The SMILES string of the molecule is CC(C)CNC(=O)[C@H](C)N(Cc1ccc(Cl)cc1)C(=O)CN(c1ccc(Cl)c(Cl)c1)S(=O)(=O)c1ccccc1. The zero-order chi connectivity index (χ0) is 28.7. The van der Waals surface area contributed by atoms with E-state index in [1.54, 1.807) is 49.4 Å². The lowest BCUT2D eigenvalue weighted by molar-refractivity contribution is -0.139. The summed E-state index contributed by atoms with van der Waals surface area (Å²) in [4.78, 5) is 28.2. The monoisotopic (exact) mass is 609 g/mol. The maximum atomic E-state index is 13.9. The van der Waals surface area contributed by atoms with Crippen LogP contribution in [0.15, 0.2) is 77.7 Å². The summed E-state index contributed by atoms with van der Waals surface area (Å²) in [5, 5.41) is 3.75. The quantitative estimate of drug-likeness (QED) is 0.287. The highest BCUT2D eigenvalue weighted by molar-refractivity contribution is 7.92. The first kappa shape index (κ1) is 30.8. The van der Waals surface area contributed by atoms with E-state index in [9.17, 15) is 18.0 Å². The van der Waals surface area contributed by atoms with Gasteiger partial charge < -0.3 is 10.2 Å². The summed E-state index contributed by atoms with van der Waals surface area (Å²) in [5.41, 5.74) is 0.883. The van der Waals surface area contributed by atoms with Gasteiger partial charge in [-0.2, -0.15) is 0 Å². The minimum absolute atomic E-state index is 0.00384. The molecule has 1 N–H and O–H groups in total. The van der Waals surface area contributed by atoms with Crippen molar-refractivity contribution in [2.24, 2.45) is 5.92 Å². The number of amides is 2. The Labute approximate surface area is 244 Å². The van der Waals surface area contributed by atoms with Gasteiger partial charge in [-0.1, -0.05) is 79.0 Å². The smallest absolute Gasteiger partial charge is 0.264 e. The summed E-state index contributed by atoms with van der Waals surface area (Å²) >= 11 is 18.3. The normalized spacial score (nSPS) is 12.2. The fraction of sp³-hybridized carbons (Fsp3) is 0.286. The fourth-order valence-electron chi connectivity index (χ4n) is 3.71. The molecule has 39 heavy (non-hydrogen) atoms. The van der Waals surface area contributed by atoms with E-state index in [-0.39, 0.29) is 39.0 Å². The second-order valence-corrected chi connectivity index (χ2v) is 12.5. The highest BCUT2D eigenvalue weighted by Gasteiger charge is 2.32. The zero-order valence-corrected chi connectivity index (χ0v) is 24.9. The molecule has 3 aromatic carbocycles. The van der Waals surface area contributed by atoms with Crippen molar-refractivity contribution in [2.45, 2.75) is 38.3 Å². The van der Waals surface area contributed by atoms with Crippen LogP contribution in [0, 0.1) is 5.92 Å². The number of carbonyl (C=O) groups is 2. The van der Waals surface area contributed by atoms with Gasteiger partial charge in [0.1, 0.15) is 12.6 Å². The molecule has 7 nitrogen and oxygen atoms in total. The third-order valence-electron chi connectivity index (χ3n) is 5.92. The van der Waals surface area contributed by atoms with Crippen molar-refractivity contribution in [1.29, 1.82) is 0 Å². The second kappa shape index (κ2) is 13.5. The van der Waals surface area contributed by atoms with Crippen LogP contribution in [0.25, 0.3) is 0 Å². The van der Waals surface area contributed by atoms with Crippen LogP contribution in [-0.2, 0) is 26.2 Å². The molecule has 0 saturated heterocycles. The maximum Gasteiger partial charge on any atom is 0.264 e. The molecule has 0 bridgehead atoms. The van der Waals surface area contributed by atoms with Gasteiger partial charge in [-0.15, -0.1) is 0 Å². The Morgan fingerprint density at radius 3 is 2.10 bits per heavy atom. The summed E-state index contributed by atoms with van der Waals surface area (Å²) in [7, 11) is -4.19. The molecule has 0 aromatic heterocycles. The van der Waals surface area contributed by atoms with Gasteiger partial charge in [-0.3, -0.25) is 13.9 Å². The van der Waals surface area contributed by atoms with Crippen LogP contribution in [0.1, 0.15) is 26.3 Å². The second-order valence-electron chi connectivity index (χ2n) is 9.39. The van der Waals surface area contributed by atoms with Crippen LogP contribution >= 0.6 is 34.8 Å². The molecular formula is C28H30Cl3N3O4S. The zero-order valence-electron chi connectivity index (χ0n) is 21.8. The molecule has 0 radical (unpaired) electrons. The van der Waals surface area contributed by atoms with Gasteiger partial charge in [-0.05, 0) is 60.9 Å². The summed E-state index contributed by atoms with van der Waals surface area (Å²) < 4.78 is 28.5. The standard InChI is InChI=1S/C28H30Cl3N3O4S/c1-19(2)16-32-28(36)20(3)33(17-21-9-11-22(29)12-10-21)27(35)18-34(23-13-14-25(30)26(31)15-23)39(37,38)24-7-5-4-6-8-24/h4-15,19-20H,16-18H2,1-3H3,(H,32,36)/t20-/m0/s1. The molecule has 208 valence electrons. The molecule has 3 rings (SSSR count). The summed E-state index contributed by atoms with van der Waals surface area (Å²) in [6.45, 7) is 5.45. The lowest BCUT2D eigenvalue weighted by Gasteiger charge is -2.32. The molecule has 0 aliphatic carbocycles. The average molecular weight is 611 g/mol. The number of halogens is 3. The van der Waals surface area contributed by atoms with Crippen LogP contribution in [0.5, 0.6) is 0 Å². The summed E-state index contributed by atoms with van der Waals surface area (Å²) in [6, 6.07) is 18.1. The van der Waals surface area contributed by atoms with Crippen LogP contribution < -0.4 is 9.62 Å². The lowest BCUT2D eigenvalue weighted by atomic mass is 10.1. The van der Waals surface area contributed by atoms with Crippen LogP contribution in [0.3, 0.4) is 0 Å². The highest BCUT2D eigenvalue weighted by atomic mass is 35.5. The molecule has 0 heterocycles. The Morgan fingerprint density at radius 2 is 1.51 bits per heavy atom. The van der Waals surface area contributed by atoms with E-state index in [0.29, 0.717) is 11.6 Å². The van der Waals surface area contributed by atoms with Gasteiger partial charge in [0, 0.05) is 18.1 Å². The predicted molar refractivity (Wildman–Crippen MR) is 157 cm³/mol. The number of carbonyl (C=O) groups excluding carboxylic acids is 2. The summed E-state index contributed by atoms with van der Waals surface area (Å²) in [5.74, 6) is -0.719. The van der Waals surface area contributed by atoms with Crippen molar-refractivity contribution in [3.63, 3.8) is 0 Å². The molecule has 0 aliphatic rings. The number of nitrogens with one attached hydrogen (secondary N) is 1. The first-order valence-corrected chi connectivity index (χ1v) is 14.8. The molecule has 3 aromatic rings. The fourth-order valence-corrected chi connectivity index (χ4v) is 5.56. The van der Waals surface area contributed by atoms with Gasteiger partial charge in [0.15, 0.2) is 0 Å². The molecule has 0 aliphatic heterocycles. The molecule has 11 heteroatoms. The molecule has 0 saturated carbocycles. The minimum atomic E-state index is -4.19. The van der Waals surface area contributed by atoms with E-state index >= 15 is 0 Å². The third kappa shape index (κ3) is 8.11. The molecule has 1 atom stereocenters.